The molecule has 1 aromatic carbocycles. The number of rotatable bonds is 5. The van der Waals surface area contributed by atoms with E-state index < -0.39 is 6.10 Å². The highest BCUT2D eigenvalue weighted by Crippen LogP contribution is 2.24. The Bertz CT molecular complexity index is 475. The molecule has 1 atom stereocenters. The zero-order chi connectivity index (χ0) is 15.3. The summed E-state index contributed by atoms with van der Waals surface area (Å²) < 4.78 is 5.69. The minimum atomic E-state index is -0.566. The first-order valence-electron chi connectivity index (χ1n) is 6.80. The quantitative estimate of drug-likeness (QED) is 0.866. The molecule has 4 heteroatoms. The van der Waals surface area contributed by atoms with Gasteiger partial charge in [-0.1, -0.05) is 0 Å². The predicted octanol–water partition coefficient (Wildman–Crippen LogP) is 2.30. The predicted molar refractivity (Wildman–Crippen MR) is 79.9 cm³/mol. The highest BCUT2D eigenvalue weighted by molar-refractivity contribution is 5.47. The molecular formula is C16H24N2O2. The molecule has 0 saturated carbocycles. The molecule has 20 heavy (non-hydrogen) atoms. The molecule has 0 fully saturated rings. The number of aryl methyl sites for hydroxylation is 2. The van der Waals surface area contributed by atoms with Gasteiger partial charge in [-0.25, -0.2) is 0 Å². The van der Waals surface area contributed by atoms with Crippen molar-refractivity contribution in [1.82, 2.24) is 5.32 Å². The molecule has 1 rings (SSSR count). The number of ether oxygens (including phenoxy) is 1. The largest absolute Gasteiger partial charge is 0.490 e. The van der Waals surface area contributed by atoms with Crippen LogP contribution in [0.4, 0.5) is 0 Å². The molecule has 0 radical (unpaired) electrons. The summed E-state index contributed by atoms with van der Waals surface area (Å²) >= 11 is 0. The summed E-state index contributed by atoms with van der Waals surface area (Å²) in [6.45, 7) is 10.7. The van der Waals surface area contributed by atoms with Gasteiger partial charge in [0.1, 0.15) is 18.5 Å². The van der Waals surface area contributed by atoms with Gasteiger partial charge in [-0.2, -0.15) is 5.26 Å². The SMILES string of the molecule is Cc1cc(C#N)cc(C)c1OCC(O)CNC(C)(C)C. The average molecular weight is 276 g/mol. The summed E-state index contributed by atoms with van der Waals surface area (Å²) in [5.41, 5.74) is 2.43. The molecular weight excluding hydrogens is 252 g/mol. The Hall–Kier alpha value is -1.57. The van der Waals surface area contributed by atoms with Crippen LogP contribution < -0.4 is 10.1 Å². The van der Waals surface area contributed by atoms with Crippen LogP contribution in [0.5, 0.6) is 5.75 Å². The van der Waals surface area contributed by atoms with Crippen LogP contribution in [0.2, 0.25) is 0 Å². The number of nitrogens with one attached hydrogen (secondary N) is 1. The number of hydrogen-bond acceptors (Lipinski definition) is 4. The molecule has 1 aromatic rings. The van der Waals surface area contributed by atoms with Crippen LogP contribution in [0.15, 0.2) is 12.1 Å². The molecule has 0 amide bonds. The van der Waals surface area contributed by atoms with Gasteiger partial charge < -0.3 is 15.2 Å². The van der Waals surface area contributed by atoms with Crippen LogP contribution in [-0.2, 0) is 0 Å². The molecule has 0 aromatic heterocycles. The van der Waals surface area contributed by atoms with E-state index in [0.717, 1.165) is 16.9 Å². The Balaban J connectivity index is 2.60. The van der Waals surface area contributed by atoms with E-state index in [1.807, 2.05) is 13.8 Å². The van der Waals surface area contributed by atoms with Crippen molar-refractivity contribution in [2.45, 2.75) is 46.3 Å². The van der Waals surface area contributed by atoms with Gasteiger partial charge in [-0.15, -0.1) is 0 Å². The second kappa shape index (κ2) is 6.74. The minimum Gasteiger partial charge on any atom is -0.490 e. The van der Waals surface area contributed by atoms with Crippen molar-refractivity contribution < 1.29 is 9.84 Å². The molecule has 0 spiro atoms. The second-order valence-corrected chi connectivity index (χ2v) is 6.15. The number of nitrogens with zero attached hydrogens (tertiary/aromatic N) is 1. The fraction of sp³-hybridized carbons (Fsp3) is 0.562. The number of nitriles is 1. The monoisotopic (exact) mass is 276 g/mol. The summed E-state index contributed by atoms with van der Waals surface area (Å²) in [4.78, 5) is 0. The molecule has 110 valence electrons. The van der Waals surface area contributed by atoms with Crippen LogP contribution >= 0.6 is 0 Å². The van der Waals surface area contributed by atoms with Gasteiger partial charge in [0.05, 0.1) is 11.6 Å². The van der Waals surface area contributed by atoms with Crippen LogP contribution in [0.3, 0.4) is 0 Å². The van der Waals surface area contributed by atoms with E-state index >= 15 is 0 Å². The van der Waals surface area contributed by atoms with E-state index in [2.05, 4.69) is 32.2 Å². The number of benzene rings is 1. The van der Waals surface area contributed by atoms with Crippen molar-refractivity contribution >= 4 is 0 Å². The van der Waals surface area contributed by atoms with Gasteiger partial charge in [0.2, 0.25) is 0 Å². The smallest absolute Gasteiger partial charge is 0.125 e. The fourth-order valence-corrected chi connectivity index (χ4v) is 1.90. The number of β-amino-alcohol motifs (C(OH)–C–C–N with tert-alkyl or cyclic N) is 1. The van der Waals surface area contributed by atoms with Crippen LogP contribution in [0.1, 0.15) is 37.5 Å². The molecule has 0 aliphatic carbocycles. The summed E-state index contributed by atoms with van der Waals surface area (Å²) in [5, 5.41) is 22.1. The van der Waals surface area contributed by atoms with Crippen molar-refractivity contribution in [2.75, 3.05) is 13.2 Å². The number of aliphatic hydroxyl groups excluding tert-OH is 1. The van der Waals surface area contributed by atoms with E-state index in [0.29, 0.717) is 12.1 Å². The van der Waals surface area contributed by atoms with E-state index in [9.17, 15) is 5.11 Å². The number of aliphatic hydroxyl groups is 1. The third-order valence-electron chi connectivity index (χ3n) is 2.88. The summed E-state index contributed by atoms with van der Waals surface area (Å²) in [6, 6.07) is 5.71. The van der Waals surface area contributed by atoms with Crippen LogP contribution in [0, 0.1) is 25.2 Å². The van der Waals surface area contributed by atoms with Crippen molar-refractivity contribution in [3.63, 3.8) is 0 Å². The van der Waals surface area contributed by atoms with Crippen LogP contribution in [-0.4, -0.2) is 29.9 Å². The van der Waals surface area contributed by atoms with Gasteiger partial charge in [-0.05, 0) is 57.9 Å². The first kappa shape index (κ1) is 16.5. The first-order chi connectivity index (χ1) is 9.23. The van der Waals surface area contributed by atoms with Gasteiger partial charge in [0.15, 0.2) is 0 Å². The van der Waals surface area contributed by atoms with Crippen molar-refractivity contribution in [1.29, 1.82) is 5.26 Å². The Morgan fingerprint density at radius 2 is 1.85 bits per heavy atom. The summed E-state index contributed by atoms with van der Waals surface area (Å²) in [5.74, 6) is 0.749. The Morgan fingerprint density at radius 1 is 1.30 bits per heavy atom. The Kier molecular flexibility index (Phi) is 5.55. The third kappa shape index (κ3) is 5.20. The van der Waals surface area contributed by atoms with Crippen molar-refractivity contribution in [2.24, 2.45) is 0 Å². The van der Waals surface area contributed by atoms with Gasteiger partial charge >= 0.3 is 0 Å². The molecule has 0 heterocycles. The lowest BCUT2D eigenvalue weighted by Gasteiger charge is -2.23. The maximum absolute atomic E-state index is 9.92. The molecule has 0 aliphatic heterocycles. The fourth-order valence-electron chi connectivity index (χ4n) is 1.90. The average Bonchev–Trinajstić information content (AvgIpc) is 2.34. The third-order valence-corrected chi connectivity index (χ3v) is 2.88. The lowest BCUT2D eigenvalue weighted by atomic mass is 10.1. The van der Waals surface area contributed by atoms with E-state index in [-0.39, 0.29) is 12.1 Å². The Labute approximate surface area is 121 Å². The van der Waals surface area contributed by atoms with Crippen LogP contribution in [0.25, 0.3) is 0 Å². The molecule has 1 unspecified atom stereocenters. The summed E-state index contributed by atoms with van der Waals surface area (Å²) in [6.07, 6.45) is -0.566. The Morgan fingerprint density at radius 3 is 2.30 bits per heavy atom. The van der Waals surface area contributed by atoms with E-state index in [1.165, 1.54) is 0 Å². The summed E-state index contributed by atoms with van der Waals surface area (Å²) in [7, 11) is 0. The lowest BCUT2D eigenvalue weighted by molar-refractivity contribution is 0.0994. The maximum Gasteiger partial charge on any atom is 0.125 e. The standard InChI is InChI=1S/C16H24N2O2/c1-11-6-13(8-17)7-12(2)15(11)20-10-14(19)9-18-16(3,4)5/h6-7,14,18-19H,9-10H2,1-5H3. The zero-order valence-electron chi connectivity index (χ0n) is 12.9. The second-order valence-electron chi connectivity index (χ2n) is 6.15. The molecule has 0 aliphatic rings. The molecule has 0 saturated heterocycles. The lowest BCUT2D eigenvalue weighted by Crippen LogP contribution is -2.42. The van der Waals surface area contributed by atoms with Gasteiger partial charge in [0.25, 0.3) is 0 Å². The highest BCUT2D eigenvalue weighted by Gasteiger charge is 2.14. The highest BCUT2D eigenvalue weighted by atomic mass is 16.5. The molecule has 4 nitrogen and oxygen atoms in total. The topological polar surface area (TPSA) is 65.3 Å². The zero-order valence-corrected chi connectivity index (χ0v) is 12.9. The van der Waals surface area contributed by atoms with E-state index in [4.69, 9.17) is 10.00 Å². The minimum absolute atomic E-state index is 0.0265. The maximum atomic E-state index is 9.92. The number of hydrogen-bond donors (Lipinski definition) is 2. The van der Waals surface area contributed by atoms with Crippen molar-refractivity contribution in [3.05, 3.63) is 28.8 Å². The molecule has 2 N–H and O–H groups in total. The first-order valence-corrected chi connectivity index (χ1v) is 6.80. The normalized spacial score (nSPS) is 12.8. The van der Waals surface area contributed by atoms with Gasteiger partial charge in [0, 0.05) is 12.1 Å². The van der Waals surface area contributed by atoms with Gasteiger partial charge in [-0.3, -0.25) is 0 Å². The van der Waals surface area contributed by atoms with Crippen molar-refractivity contribution in [3.8, 4) is 11.8 Å². The van der Waals surface area contributed by atoms with E-state index in [1.54, 1.807) is 12.1 Å². The molecule has 0 bridgehead atoms.